The van der Waals surface area contributed by atoms with Gasteiger partial charge in [-0.05, 0) is 25.3 Å². The zero-order valence-electron chi connectivity index (χ0n) is 14.0. The van der Waals surface area contributed by atoms with Crippen molar-refractivity contribution in [3.63, 3.8) is 0 Å². The first-order valence-corrected chi connectivity index (χ1v) is 9.07. The second kappa shape index (κ2) is 5.42. The van der Waals surface area contributed by atoms with Crippen molar-refractivity contribution in [3.8, 4) is 0 Å². The number of halogens is 1. The number of hydrogen-bond donors (Lipinski definition) is 0. The Morgan fingerprint density at radius 1 is 1.24 bits per heavy atom. The van der Waals surface area contributed by atoms with Gasteiger partial charge in [0, 0.05) is 32.3 Å². The van der Waals surface area contributed by atoms with Gasteiger partial charge in [0.2, 0.25) is 0 Å². The van der Waals surface area contributed by atoms with E-state index in [1.807, 2.05) is 12.3 Å². The highest BCUT2D eigenvalue weighted by Crippen LogP contribution is 2.41. The van der Waals surface area contributed by atoms with Gasteiger partial charge < -0.3 is 9.80 Å². The van der Waals surface area contributed by atoms with Crippen molar-refractivity contribution in [2.75, 3.05) is 22.9 Å². The number of piperidine rings is 1. The molecule has 5 heterocycles. The maximum absolute atomic E-state index is 12.0. The van der Waals surface area contributed by atoms with Gasteiger partial charge in [0.15, 0.2) is 0 Å². The summed E-state index contributed by atoms with van der Waals surface area (Å²) in [5, 5.41) is 4.37. The third kappa shape index (κ3) is 2.40. The normalized spacial score (nSPS) is 25.0. The molecular weight excluding hydrogens is 340 g/mol. The Morgan fingerprint density at radius 3 is 2.72 bits per heavy atom. The van der Waals surface area contributed by atoms with Crippen molar-refractivity contribution in [2.24, 2.45) is 7.05 Å². The molecule has 2 aromatic rings. The van der Waals surface area contributed by atoms with Gasteiger partial charge in [-0.3, -0.25) is 4.79 Å². The van der Waals surface area contributed by atoms with Crippen LogP contribution >= 0.6 is 11.6 Å². The summed E-state index contributed by atoms with van der Waals surface area (Å²) in [5.74, 6) is 2.58. The quantitative estimate of drug-likeness (QED) is 0.829. The molecule has 0 N–H and O–H groups in total. The zero-order valence-corrected chi connectivity index (χ0v) is 14.7. The SMILES string of the molecule is Cn1ncc(N2CC3CC(C2)N3c2ccnc(C3CC3)n2)c(Cl)c1=O. The number of nitrogens with zero attached hydrogens (tertiary/aromatic N) is 6. The molecule has 4 aliphatic rings. The lowest BCUT2D eigenvalue weighted by Gasteiger charge is -2.57. The van der Waals surface area contributed by atoms with Crippen LogP contribution in [0.1, 0.15) is 31.0 Å². The first-order chi connectivity index (χ1) is 12.1. The highest BCUT2D eigenvalue weighted by Gasteiger charge is 2.46. The molecule has 2 bridgehead atoms. The van der Waals surface area contributed by atoms with Gasteiger partial charge in [0.1, 0.15) is 16.7 Å². The average Bonchev–Trinajstić information content (AvgIpc) is 3.45. The highest BCUT2D eigenvalue weighted by molar-refractivity contribution is 6.33. The molecule has 2 unspecified atom stereocenters. The number of piperazine rings is 1. The molecule has 2 atom stereocenters. The second-order valence-electron chi connectivity index (χ2n) is 7.18. The summed E-state index contributed by atoms with van der Waals surface area (Å²) in [6.07, 6.45) is 7.13. The molecule has 0 spiro atoms. The van der Waals surface area contributed by atoms with Crippen LogP contribution in [0.5, 0.6) is 0 Å². The van der Waals surface area contributed by atoms with Crippen LogP contribution in [-0.4, -0.2) is 44.9 Å². The molecule has 4 fully saturated rings. The fraction of sp³-hybridized carbons (Fsp3) is 0.529. The predicted octanol–water partition coefficient (Wildman–Crippen LogP) is 1.57. The third-order valence-corrected chi connectivity index (χ3v) is 5.82. The summed E-state index contributed by atoms with van der Waals surface area (Å²) in [7, 11) is 1.61. The van der Waals surface area contributed by atoms with Crippen LogP contribution in [-0.2, 0) is 7.05 Å². The zero-order chi connectivity index (χ0) is 17.1. The number of aromatic nitrogens is 4. The first kappa shape index (κ1) is 15.1. The minimum atomic E-state index is -0.250. The van der Waals surface area contributed by atoms with Gasteiger partial charge in [0.25, 0.3) is 5.56 Å². The van der Waals surface area contributed by atoms with E-state index >= 15 is 0 Å². The van der Waals surface area contributed by atoms with Crippen LogP contribution in [0.15, 0.2) is 23.3 Å². The van der Waals surface area contributed by atoms with Gasteiger partial charge in [-0.2, -0.15) is 5.10 Å². The molecule has 0 amide bonds. The summed E-state index contributed by atoms with van der Waals surface area (Å²) in [6.45, 7) is 1.65. The maximum atomic E-state index is 12.0. The molecule has 1 aliphatic carbocycles. The molecule has 2 aromatic heterocycles. The second-order valence-corrected chi connectivity index (χ2v) is 7.55. The Kier molecular flexibility index (Phi) is 3.28. The minimum absolute atomic E-state index is 0.250. The van der Waals surface area contributed by atoms with Crippen LogP contribution in [0.25, 0.3) is 0 Å². The molecule has 7 nitrogen and oxygen atoms in total. The predicted molar refractivity (Wildman–Crippen MR) is 95.4 cm³/mol. The van der Waals surface area contributed by atoms with Gasteiger partial charge in [-0.1, -0.05) is 11.6 Å². The van der Waals surface area contributed by atoms with E-state index in [1.165, 1.54) is 17.5 Å². The Balaban J connectivity index is 1.38. The minimum Gasteiger partial charge on any atom is -0.365 e. The molecule has 1 saturated carbocycles. The smallest absolute Gasteiger partial charge is 0.287 e. The molecule has 0 aromatic carbocycles. The summed E-state index contributed by atoms with van der Waals surface area (Å²) in [6, 6.07) is 2.79. The van der Waals surface area contributed by atoms with Gasteiger partial charge in [-0.15, -0.1) is 0 Å². The Labute approximate surface area is 150 Å². The van der Waals surface area contributed by atoms with Crippen LogP contribution < -0.4 is 15.4 Å². The molecule has 6 rings (SSSR count). The van der Waals surface area contributed by atoms with Gasteiger partial charge in [0.05, 0.1) is 24.0 Å². The molecular formula is C17H19ClN6O. The van der Waals surface area contributed by atoms with E-state index in [0.717, 1.165) is 36.8 Å². The number of hydrogen-bond acceptors (Lipinski definition) is 6. The van der Waals surface area contributed by atoms with Gasteiger partial charge >= 0.3 is 0 Å². The van der Waals surface area contributed by atoms with Crippen molar-refractivity contribution in [3.05, 3.63) is 39.7 Å². The van der Waals surface area contributed by atoms with Crippen LogP contribution in [0.3, 0.4) is 0 Å². The van der Waals surface area contributed by atoms with E-state index in [9.17, 15) is 4.79 Å². The molecule has 8 heteroatoms. The Bertz CT molecular complexity index is 883. The standard InChI is InChI=1S/C17H19ClN6O/c1-22-17(25)15(18)13(7-20-22)23-8-11-6-12(9-23)24(11)14-4-5-19-16(21-14)10-2-3-10/h4-5,7,10-12H,2-3,6,8-9H2,1H3. The van der Waals surface area contributed by atoms with E-state index in [2.05, 4.69) is 19.9 Å². The van der Waals surface area contributed by atoms with Crippen molar-refractivity contribution in [1.82, 2.24) is 19.7 Å². The number of rotatable bonds is 3. The molecule has 25 heavy (non-hydrogen) atoms. The largest absolute Gasteiger partial charge is 0.365 e. The Morgan fingerprint density at radius 2 is 2.00 bits per heavy atom. The fourth-order valence-corrected chi connectivity index (χ4v) is 4.24. The monoisotopic (exact) mass is 358 g/mol. The van der Waals surface area contributed by atoms with Crippen LogP contribution in [0.2, 0.25) is 5.02 Å². The lowest BCUT2D eigenvalue weighted by Crippen LogP contribution is -2.69. The van der Waals surface area contributed by atoms with E-state index in [1.54, 1.807) is 13.2 Å². The fourth-order valence-electron chi connectivity index (χ4n) is 3.95. The Hall–Kier alpha value is -2.15. The first-order valence-electron chi connectivity index (χ1n) is 8.70. The van der Waals surface area contributed by atoms with Crippen molar-refractivity contribution in [2.45, 2.75) is 37.3 Å². The van der Waals surface area contributed by atoms with Crippen LogP contribution in [0, 0.1) is 0 Å². The van der Waals surface area contributed by atoms with E-state index in [4.69, 9.17) is 16.6 Å². The molecule has 130 valence electrons. The summed E-state index contributed by atoms with van der Waals surface area (Å²) < 4.78 is 1.27. The number of aryl methyl sites for hydroxylation is 1. The number of anilines is 2. The molecule has 3 aliphatic heterocycles. The molecule has 3 saturated heterocycles. The number of fused-ring (bicyclic) bond motifs is 2. The van der Waals surface area contributed by atoms with E-state index in [-0.39, 0.29) is 10.6 Å². The molecule has 0 radical (unpaired) electrons. The summed E-state index contributed by atoms with van der Waals surface area (Å²) in [4.78, 5) is 25.8. The van der Waals surface area contributed by atoms with E-state index in [0.29, 0.717) is 18.0 Å². The lowest BCUT2D eigenvalue weighted by molar-refractivity contribution is 0.288. The summed E-state index contributed by atoms with van der Waals surface area (Å²) >= 11 is 6.26. The lowest BCUT2D eigenvalue weighted by atomic mass is 9.87. The third-order valence-electron chi connectivity index (χ3n) is 5.46. The topological polar surface area (TPSA) is 67.2 Å². The van der Waals surface area contributed by atoms with Gasteiger partial charge in [-0.25, -0.2) is 14.6 Å². The van der Waals surface area contributed by atoms with Crippen LogP contribution in [0.4, 0.5) is 11.5 Å². The maximum Gasteiger partial charge on any atom is 0.287 e. The van der Waals surface area contributed by atoms with Crippen molar-refractivity contribution in [1.29, 1.82) is 0 Å². The average molecular weight is 359 g/mol. The van der Waals surface area contributed by atoms with E-state index < -0.39 is 0 Å². The highest BCUT2D eigenvalue weighted by atomic mass is 35.5. The van der Waals surface area contributed by atoms with Crippen molar-refractivity contribution >= 4 is 23.1 Å². The van der Waals surface area contributed by atoms with Crippen molar-refractivity contribution < 1.29 is 0 Å². The summed E-state index contributed by atoms with van der Waals surface area (Å²) in [5.41, 5.74) is 0.487.